The molecule has 0 aromatic heterocycles. The van der Waals surface area contributed by atoms with Crippen LogP contribution in [0.4, 0.5) is 0 Å². The Balaban J connectivity index is 1.75. The fraction of sp³-hybridized carbons (Fsp3) is 0.364. The van der Waals surface area contributed by atoms with Crippen LogP contribution in [0.3, 0.4) is 0 Å². The summed E-state index contributed by atoms with van der Waals surface area (Å²) in [6, 6.07) is 16.3. The highest BCUT2D eigenvalue weighted by Gasteiger charge is 2.23. The molecular formula is C22H26N2O2. The highest BCUT2D eigenvalue weighted by molar-refractivity contribution is 5.84. The summed E-state index contributed by atoms with van der Waals surface area (Å²) in [6.45, 7) is 0. The van der Waals surface area contributed by atoms with Gasteiger partial charge in [0.1, 0.15) is 11.5 Å². The van der Waals surface area contributed by atoms with Gasteiger partial charge in [-0.3, -0.25) is 9.98 Å². The number of methoxy groups -OCH3 is 2. The number of aliphatic imine (C=N–C) groups is 2. The van der Waals surface area contributed by atoms with Crippen LogP contribution in [0.1, 0.15) is 36.8 Å². The molecule has 1 fully saturated rings. The highest BCUT2D eigenvalue weighted by atomic mass is 16.5. The average Bonchev–Trinajstić information content (AvgIpc) is 2.71. The van der Waals surface area contributed by atoms with E-state index in [0.29, 0.717) is 0 Å². The molecule has 2 aromatic rings. The first-order valence-electron chi connectivity index (χ1n) is 9.14. The minimum atomic E-state index is 0.208. The van der Waals surface area contributed by atoms with Crippen LogP contribution >= 0.6 is 0 Å². The average molecular weight is 350 g/mol. The van der Waals surface area contributed by atoms with Crippen molar-refractivity contribution in [2.75, 3.05) is 14.2 Å². The summed E-state index contributed by atoms with van der Waals surface area (Å²) >= 11 is 0. The Morgan fingerprint density at radius 3 is 1.58 bits per heavy atom. The van der Waals surface area contributed by atoms with Gasteiger partial charge in [-0.25, -0.2) is 0 Å². The molecule has 1 aliphatic rings. The van der Waals surface area contributed by atoms with Crippen molar-refractivity contribution in [2.45, 2.75) is 37.8 Å². The smallest absolute Gasteiger partial charge is 0.127 e. The molecule has 0 saturated heterocycles. The Morgan fingerprint density at radius 1 is 0.731 bits per heavy atom. The van der Waals surface area contributed by atoms with Crippen molar-refractivity contribution in [3.8, 4) is 11.5 Å². The molecule has 0 amide bonds. The Labute approximate surface area is 155 Å². The standard InChI is InChI=1S/C22H26N2O2/c1-25-21-13-7-3-9-17(21)15-23-19-11-5-6-12-20(19)24-16-18-10-4-8-14-22(18)26-2/h3-4,7-10,13-16,19-20H,5-6,11-12H2,1-2H3/b23-15+,24-16+/t19-,20-/m0/s1. The van der Waals surface area contributed by atoms with Gasteiger partial charge in [0.05, 0.1) is 26.3 Å². The molecule has 0 spiro atoms. The molecule has 2 atom stereocenters. The van der Waals surface area contributed by atoms with Gasteiger partial charge < -0.3 is 9.47 Å². The predicted octanol–water partition coefficient (Wildman–Crippen LogP) is 4.55. The molecule has 3 rings (SSSR count). The van der Waals surface area contributed by atoms with Crippen LogP contribution in [0.15, 0.2) is 58.5 Å². The van der Waals surface area contributed by atoms with Crippen LogP contribution in [0.25, 0.3) is 0 Å². The van der Waals surface area contributed by atoms with E-state index in [0.717, 1.165) is 35.5 Å². The summed E-state index contributed by atoms with van der Waals surface area (Å²) in [5.74, 6) is 1.70. The maximum atomic E-state index is 5.41. The summed E-state index contributed by atoms with van der Waals surface area (Å²) in [7, 11) is 3.38. The monoisotopic (exact) mass is 350 g/mol. The van der Waals surface area contributed by atoms with Gasteiger partial charge in [-0.2, -0.15) is 0 Å². The fourth-order valence-electron chi connectivity index (χ4n) is 3.34. The molecule has 0 heterocycles. The van der Waals surface area contributed by atoms with Crippen LogP contribution in [0.5, 0.6) is 11.5 Å². The lowest BCUT2D eigenvalue weighted by Gasteiger charge is -2.25. The van der Waals surface area contributed by atoms with Crippen molar-refractivity contribution in [1.82, 2.24) is 0 Å². The zero-order chi connectivity index (χ0) is 18.2. The van der Waals surface area contributed by atoms with E-state index in [9.17, 15) is 0 Å². The van der Waals surface area contributed by atoms with E-state index in [4.69, 9.17) is 19.5 Å². The number of nitrogens with zero attached hydrogens (tertiary/aromatic N) is 2. The molecule has 0 unspecified atom stereocenters. The minimum absolute atomic E-state index is 0.208. The third-order valence-corrected chi connectivity index (χ3v) is 4.78. The first-order chi connectivity index (χ1) is 12.8. The van der Waals surface area contributed by atoms with E-state index in [2.05, 4.69) is 0 Å². The van der Waals surface area contributed by atoms with Gasteiger partial charge in [-0.15, -0.1) is 0 Å². The third-order valence-electron chi connectivity index (χ3n) is 4.78. The molecular weight excluding hydrogens is 324 g/mol. The lowest BCUT2D eigenvalue weighted by Crippen LogP contribution is -2.27. The summed E-state index contributed by atoms with van der Waals surface area (Å²) in [5.41, 5.74) is 2.01. The molecule has 136 valence electrons. The Hall–Kier alpha value is -2.62. The maximum Gasteiger partial charge on any atom is 0.127 e. The topological polar surface area (TPSA) is 43.2 Å². The quantitative estimate of drug-likeness (QED) is 0.717. The van der Waals surface area contributed by atoms with Crippen LogP contribution in [-0.4, -0.2) is 38.7 Å². The fourth-order valence-corrected chi connectivity index (χ4v) is 3.34. The molecule has 0 N–H and O–H groups in total. The second-order valence-electron chi connectivity index (χ2n) is 6.46. The summed E-state index contributed by atoms with van der Waals surface area (Å²) in [4.78, 5) is 9.70. The number of ether oxygens (including phenoxy) is 2. The second kappa shape index (κ2) is 9.18. The van der Waals surface area contributed by atoms with Gasteiger partial charge in [-0.05, 0) is 37.1 Å². The van der Waals surface area contributed by atoms with Crippen molar-refractivity contribution in [3.05, 3.63) is 59.7 Å². The van der Waals surface area contributed by atoms with E-state index < -0.39 is 0 Å². The summed E-state index contributed by atoms with van der Waals surface area (Å²) in [5, 5.41) is 0. The van der Waals surface area contributed by atoms with Crippen LogP contribution < -0.4 is 9.47 Å². The minimum Gasteiger partial charge on any atom is -0.496 e. The van der Waals surface area contributed by atoms with Crippen molar-refractivity contribution in [2.24, 2.45) is 9.98 Å². The largest absolute Gasteiger partial charge is 0.496 e. The maximum absolute atomic E-state index is 5.41. The summed E-state index contributed by atoms with van der Waals surface area (Å²) < 4.78 is 10.8. The van der Waals surface area contributed by atoms with E-state index in [1.807, 2.05) is 61.0 Å². The van der Waals surface area contributed by atoms with E-state index >= 15 is 0 Å². The van der Waals surface area contributed by atoms with Crippen LogP contribution in [0.2, 0.25) is 0 Å². The normalized spacial score (nSPS) is 20.5. The predicted molar refractivity (Wildman–Crippen MR) is 107 cm³/mol. The van der Waals surface area contributed by atoms with Crippen molar-refractivity contribution in [1.29, 1.82) is 0 Å². The molecule has 1 aliphatic carbocycles. The SMILES string of the molecule is COc1ccccc1/C=N/[C@H]1CCCC[C@@H]1/N=C/c1ccccc1OC. The molecule has 2 aromatic carbocycles. The van der Waals surface area contributed by atoms with Gasteiger partial charge in [-0.1, -0.05) is 37.1 Å². The van der Waals surface area contributed by atoms with E-state index in [-0.39, 0.29) is 12.1 Å². The van der Waals surface area contributed by atoms with Crippen molar-refractivity contribution < 1.29 is 9.47 Å². The van der Waals surface area contributed by atoms with Crippen molar-refractivity contribution in [3.63, 3.8) is 0 Å². The molecule has 1 saturated carbocycles. The first kappa shape index (κ1) is 18.2. The third kappa shape index (κ3) is 4.51. The lowest BCUT2D eigenvalue weighted by molar-refractivity contribution is 0.389. The number of rotatable bonds is 6. The first-order valence-corrected chi connectivity index (χ1v) is 9.14. The Kier molecular flexibility index (Phi) is 6.42. The van der Waals surface area contributed by atoms with Gasteiger partial charge >= 0.3 is 0 Å². The highest BCUT2D eigenvalue weighted by Crippen LogP contribution is 2.25. The van der Waals surface area contributed by atoms with Crippen molar-refractivity contribution >= 4 is 12.4 Å². The van der Waals surface area contributed by atoms with Gasteiger partial charge in [0, 0.05) is 23.6 Å². The van der Waals surface area contributed by atoms with Gasteiger partial charge in [0.2, 0.25) is 0 Å². The number of para-hydroxylation sites is 2. The molecule has 0 bridgehead atoms. The second-order valence-corrected chi connectivity index (χ2v) is 6.46. The zero-order valence-electron chi connectivity index (χ0n) is 15.5. The number of hydrogen-bond acceptors (Lipinski definition) is 4. The van der Waals surface area contributed by atoms with Gasteiger partial charge in [0.15, 0.2) is 0 Å². The molecule has 0 aliphatic heterocycles. The van der Waals surface area contributed by atoms with E-state index in [1.165, 1.54) is 12.8 Å². The van der Waals surface area contributed by atoms with Gasteiger partial charge in [0.25, 0.3) is 0 Å². The molecule has 4 heteroatoms. The molecule has 26 heavy (non-hydrogen) atoms. The van der Waals surface area contributed by atoms with E-state index in [1.54, 1.807) is 14.2 Å². The number of benzene rings is 2. The molecule has 0 radical (unpaired) electrons. The lowest BCUT2D eigenvalue weighted by atomic mass is 9.91. The summed E-state index contributed by atoms with van der Waals surface area (Å²) in [6.07, 6.45) is 8.41. The zero-order valence-corrected chi connectivity index (χ0v) is 15.5. The Morgan fingerprint density at radius 2 is 1.15 bits per heavy atom. The molecule has 4 nitrogen and oxygen atoms in total. The number of hydrogen-bond donors (Lipinski definition) is 0. The van der Waals surface area contributed by atoms with Crippen LogP contribution in [0, 0.1) is 0 Å². The Bertz CT molecular complexity index is 705. The van der Waals surface area contributed by atoms with Crippen LogP contribution in [-0.2, 0) is 0 Å².